The molecule has 0 aromatic heterocycles. The minimum Gasteiger partial charge on any atom is -0.508 e. The molecule has 4 heteroatoms. The van der Waals surface area contributed by atoms with Crippen molar-refractivity contribution in [3.8, 4) is 5.75 Å². The van der Waals surface area contributed by atoms with E-state index in [-0.39, 0.29) is 11.7 Å². The van der Waals surface area contributed by atoms with Gasteiger partial charge in [-0.05, 0) is 62.7 Å². The first-order valence-electron chi connectivity index (χ1n) is 7.71. The van der Waals surface area contributed by atoms with Crippen LogP contribution in [0.5, 0.6) is 5.75 Å². The number of carbonyl (C=O) groups excluding carboxylic acids is 1. The molecule has 114 valence electrons. The van der Waals surface area contributed by atoms with E-state index in [1.807, 2.05) is 0 Å². The van der Waals surface area contributed by atoms with Gasteiger partial charge in [-0.25, -0.2) is 0 Å². The zero-order chi connectivity index (χ0) is 14.9. The van der Waals surface area contributed by atoms with Gasteiger partial charge >= 0.3 is 0 Å². The van der Waals surface area contributed by atoms with Gasteiger partial charge in [-0.2, -0.15) is 0 Å². The largest absolute Gasteiger partial charge is 0.508 e. The molecule has 1 fully saturated rings. The molecule has 0 aliphatic carbocycles. The summed E-state index contributed by atoms with van der Waals surface area (Å²) in [5, 5.41) is 12.1. The third-order valence-electron chi connectivity index (χ3n) is 3.72. The first kappa shape index (κ1) is 15.6. The van der Waals surface area contributed by atoms with Crippen molar-refractivity contribution < 1.29 is 9.90 Å². The molecule has 0 spiro atoms. The average molecular weight is 288 g/mol. The molecular weight excluding hydrogens is 264 g/mol. The van der Waals surface area contributed by atoms with E-state index in [0.29, 0.717) is 0 Å². The lowest BCUT2D eigenvalue weighted by Gasteiger charge is -2.26. The maximum absolute atomic E-state index is 11.7. The van der Waals surface area contributed by atoms with E-state index in [4.69, 9.17) is 0 Å². The standard InChI is InChI=1S/C17H24N2O2/c20-16-8-5-15(6-9-16)7-10-17(21)18-11-4-14-19-12-2-1-3-13-19/h5-10,20H,1-4,11-14H2,(H,18,21). The number of likely N-dealkylation sites (tertiary alicyclic amines) is 1. The molecule has 1 aliphatic rings. The minimum atomic E-state index is -0.0679. The number of hydrogen-bond donors (Lipinski definition) is 2. The van der Waals surface area contributed by atoms with Crippen LogP contribution in [0.25, 0.3) is 6.08 Å². The van der Waals surface area contributed by atoms with Crippen LogP contribution in [0.15, 0.2) is 30.3 Å². The van der Waals surface area contributed by atoms with Gasteiger partial charge in [0.25, 0.3) is 0 Å². The Kier molecular flexibility index (Phi) is 6.28. The topological polar surface area (TPSA) is 52.6 Å². The van der Waals surface area contributed by atoms with Gasteiger partial charge in [0.05, 0.1) is 0 Å². The van der Waals surface area contributed by atoms with Crippen molar-refractivity contribution in [1.29, 1.82) is 0 Å². The van der Waals surface area contributed by atoms with Crippen LogP contribution in [-0.4, -0.2) is 42.1 Å². The number of carbonyl (C=O) groups is 1. The number of nitrogens with one attached hydrogen (secondary N) is 1. The Morgan fingerprint density at radius 1 is 1.19 bits per heavy atom. The molecule has 1 aliphatic heterocycles. The summed E-state index contributed by atoms with van der Waals surface area (Å²) in [6, 6.07) is 6.76. The molecule has 1 saturated heterocycles. The summed E-state index contributed by atoms with van der Waals surface area (Å²) < 4.78 is 0. The Morgan fingerprint density at radius 2 is 1.90 bits per heavy atom. The van der Waals surface area contributed by atoms with Crippen molar-refractivity contribution in [2.75, 3.05) is 26.2 Å². The summed E-state index contributed by atoms with van der Waals surface area (Å²) in [6.45, 7) is 4.20. The maximum Gasteiger partial charge on any atom is 0.243 e. The fourth-order valence-electron chi connectivity index (χ4n) is 2.51. The Hall–Kier alpha value is -1.81. The van der Waals surface area contributed by atoms with Crippen LogP contribution in [0.3, 0.4) is 0 Å². The van der Waals surface area contributed by atoms with E-state index in [1.54, 1.807) is 30.3 Å². The fraction of sp³-hybridized carbons (Fsp3) is 0.471. The number of phenols is 1. The molecule has 21 heavy (non-hydrogen) atoms. The fourth-order valence-corrected chi connectivity index (χ4v) is 2.51. The summed E-state index contributed by atoms with van der Waals surface area (Å²) in [5.74, 6) is 0.163. The smallest absolute Gasteiger partial charge is 0.243 e. The normalized spacial score (nSPS) is 16.2. The number of rotatable bonds is 6. The predicted molar refractivity (Wildman–Crippen MR) is 85.1 cm³/mol. The SMILES string of the molecule is O=C(C=Cc1ccc(O)cc1)NCCCN1CCCCC1. The van der Waals surface area contributed by atoms with Crippen LogP contribution in [-0.2, 0) is 4.79 Å². The number of phenolic OH excluding ortho intramolecular Hbond substituents is 1. The minimum absolute atomic E-state index is 0.0679. The predicted octanol–water partition coefficient (Wildman–Crippen LogP) is 2.40. The van der Waals surface area contributed by atoms with Gasteiger partial charge in [-0.3, -0.25) is 4.79 Å². The first-order chi connectivity index (χ1) is 10.2. The van der Waals surface area contributed by atoms with Crippen LogP contribution in [0, 0.1) is 0 Å². The quantitative estimate of drug-likeness (QED) is 0.624. The number of benzene rings is 1. The van der Waals surface area contributed by atoms with E-state index in [0.717, 1.165) is 25.1 Å². The van der Waals surface area contributed by atoms with Crippen molar-refractivity contribution in [2.24, 2.45) is 0 Å². The summed E-state index contributed by atoms with van der Waals surface area (Å²) >= 11 is 0. The monoisotopic (exact) mass is 288 g/mol. The highest BCUT2D eigenvalue weighted by molar-refractivity contribution is 5.91. The zero-order valence-electron chi connectivity index (χ0n) is 12.4. The van der Waals surface area contributed by atoms with Crippen LogP contribution < -0.4 is 5.32 Å². The molecule has 0 saturated carbocycles. The molecule has 0 unspecified atom stereocenters. The summed E-state index contributed by atoms with van der Waals surface area (Å²) in [5.41, 5.74) is 0.899. The Bertz CT molecular complexity index is 462. The molecule has 0 atom stereocenters. The van der Waals surface area contributed by atoms with Gasteiger partial charge in [-0.1, -0.05) is 18.6 Å². The van der Waals surface area contributed by atoms with E-state index in [9.17, 15) is 9.90 Å². The molecule has 1 aromatic carbocycles. The number of hydrogen-bond acceptors (Lipinski definition) is 3. The molecule has 2 N–H and O–H groups in total. The highest BCUT2D eigenvalue weighted by atomic mass is 16.3. The Balaban J connectivity index is 1.61. The van der Waals surface area contributed by atoms with Crippen molar-refractivity contribution in [3.63, 3.8) is 0 Å². The first-order valence-corrected chi connectivity index (χ1v) is 7.71. The van der Waals surface area contributed by atoms with Gasteiger partial charge in [0.15, 0.2) is 0 Å². The Morgan fingerprint density at radius 3 is 2.62 bits per heavy atom. The lowest BCUT2D eigenvalue weighted by atomic mass is 10.1. The van der Waals surface area contributed by atoms with Gasteiger partial charge in [-0.15, -0.1) is 0 Å². The molecule has 2 rings (SSSR count). The van der Waals surface area contributed by atoms with Crippen molar-refractivity contribution in [3.05, 3.63) is 35.9 Å². The second-order valence-electron chi connectivity index (χ2n) is 5.47. The van der Waals surface area contributed by atoms with Gasteiger partial charge in [0, 0.05) is 12.6 Å². The number of aromatic hydroxyl groups is 1. The highest BCUT2D eigenvalue weighted by Gasteiger charge is 2.08. The molecule has 1 amide bonds. The van der Waals surface area contributed by atoms with Crippen LogP contribution >= 0.6 is 0 Å². The van der Waals surface area contributed by atoms with E-state index in [2.05, 4.69) is 10.2 Å². The third kappa shape index (κ3) is 6.00. The molecule has 0 bridgehead atoms. The lowest BCUT2D eigenvalue weighted by molar-refractivity contribution is -0.116. The number of amides is 1. The third-order valence-corrected chi connectivity index (χ3v) is 3.72. The molecular formula is C17H24N2O2. The average Bonchev–Trinajstić information content (AvgIpc) is 2.52. The van der Waals surface area contributed by atoms with Gasteiger partial charge < -0.3 is 15.3 Å². The number of nitrogens with zero attached hydrogens (tertiary/aromatic N) is 1. The second kappa shape index (κ2) is 8.47. The molecule has 4 nitrogen and oxygen atoms in total. The lowest BCUT2D eigenvalue weighted by Crippen LogP contribution is -2.33. The van der Waals surface area contributed by atoms with E-state index >= 15 is 0 Å². The van der Waals surface area contributed by atoms with E-state index in [1.165, 1.54) is 38.4 Å². The van der Waals surface area contributed by atoms with Crippen LogP contribution in [0.1, 0.15) is 31.2 Å². The van der Waals surface area contributed by atoms with Gasteiger partial charge in [0.1, 0.15) is 5.75 Å². The second-order valence-corrected chi connectivity index (χ2v) is 5.47. The zero-order valence-corrected chi connectivity index (χ0v) is 12.4. The van der Waals surface area contributed by atoms with Crippen molar-refractivity contribution in [2.45, 2.75) is 25.7 Å². The Labute approximate surface area is 126 Å². The molecule has 0 radical (unpaired) electrons. The van der Waals surface area contributed by atoms with E-state index < -0.39 is 0 Å². The van der Waals surface area contributed by atoms with Crippen LogP contribution in [0.2, 0.25) is 0 Å². The maximum atomic E-state index is 11.7. The highest BCUT2D eigenvalue weighted by Crippen LogP contribution is 2.10. The number of piperidine rings is 1. The van der Waals surface area contributed by atoms with Crippen LogP contribution in [0.4, 0.5) is 0 Å². The summed E-state index contributed by atoms with van der Waals surface area (Å²) in [7, 11) is 0. The molecule has 1 aromatic rings. The van der Waals surface area contributed by atoms with Gasteiger partial charge in [0.2, 0.25) is 5.91 Å². The van der Waals surface area contributed by atoms with Crippen molar-refractivity contribution >= 4 is 12.0 Å². The summed E-state index contributed by atoms with van der Waals surface area (Å²) in [6.07, 6.45) is 8.25. The summed E-state index contributed by atoms with van der Waals surface area (Å²) in [4.78, 5) is 14.1. The van der Waals surface area contributed by atoms with Crippen molar-refractivity contribution in [1.82, 2.24) is 10.2 Å². The molecule has 1 heterocycles.